The third kappa shape index (κ3) is 3.46. The Balaban J connectivity index is 1.96. The predicted octanol–water partition coefficient (Wildman–Crippen LogP) is 3.30. The van der Waals surface area contributed by atoms with Crippen molar-refractivity contribution in [2.24, 2.45) is 0 Å². The topological polar surface area (TPSA) is 93.4 Å². The fraction of sp³-hybridized carbons (Fsp3) is 0.357. The highest BCUT2D eigenvalue weighted by Crippen LogP contribution is 2.38. The highest BCUT2D eigenvalue weighted by Gasteiger charge is 2.29. The molecule has 3 rings (SSSR count). The van der Waals surface area contributed by atoms with Crippen LogP contribution < -0.4 is 0 Å². The van der Waals surface area contributed by atoms with Crippen molar-refractivity contribution in [1.29, 1.82) is 0 Å². The lowest BCUT2D eigenvalue weighted by atomic mass is 10.3. The minimum atomic E-state index is -3.67. The largest absolute Gasteiger partial charge is 0.284 e. The molecule has 10 heteroatoms. The van der Waals surface area contributed by atoms with E-state index in [1.54, 1.807) is 0 Å². The molecule has 128 valence electrons. The minimum Gasteiger partial charge on any atom is -0.258 e. The van der Waals surface area contributed by atoms with E-state index in [9.17, 15) is 18.5 Å². The van der Waals surface area contributed by atoms with Gasteiger partial charge in [-0.05, 0) is 31.9 Å². The Labute approximate surface area is 147 Å². The summed E-state index contributed by atoms with van der Waals surface area (Å²) in [4.78, 5) is 15.5. The number of rotatable bonds is 5. The van der Waals surface area contributed by atoms with E-state index >= 15 is 0 Å². The average molecular weight is 385 g/mol. The minimum absolute atomic E-state index is 0.0317. The number of nitro benzene ring substituents is 1. The molecular formula is C14H15N3O4S3. The van der Waals surface area contributed by atoms with Crippen LogP contribution in [0.4, 0.5) is 5.69 Å². The van der Waals surface area contributed by atoms with Gasteiger partial charge >= 0.3 is 0 Å². The molecule has 0 atom stereocenters. The first-order valence-corrected chi connectivity index (χ1v) is 10.4. The Morgan fingerprint density at radius 1 is 1.33 bits per heavy atom. The maximum absolute atomic E-state index is 12.6. The number of nitro groups is 1. The summed E-state index contributed by atoms with van der Waals surface area (Å²) < 4.78 is 27.2. The van der Waals surface area contributed by atoms with E-state index in [1.165, 1.54) is 39.5 Å². The van der Waals surface area contributed by atoms with Crippen molar-refractivity contribution >= 4 is 38.8 Å². The molecular weight excluding hydrogens is 370 g/mol. The average Bonchev–Trinajstić information content (AvgIpc) is 3.19. The Morgan fingerprint density at radius 3 is 2.62 bits per heavy atom. The number of nitrogens with zero attached hydrogens (tertiary/aromatic N) is 3. The van der Waals surface area contributed by atoms with Gasteiger partial charge in [0.25, 0.3) is 5.69 Å². The maximum atomic E-state index is 12.6. The van der Waals surface area contributed by atoms with Gasteiger partial charge in [-0.1, -0.05) is 11.8 Å². The fourth-order valence-electron chi connectivity index (χ4n) is 2.44. The van der Waals surface area contributed by atoms with Gasteiger partial charge < -0.3 is 0 Å². The monoisotopic (exact) mass is 385 g/mol. The van der Waals surface area contributed by atoms with Crippen LogP contribution in [0, 0.1) is 17.0 Å². The van der Waals surface area contributed by atoms with E-state index in [4.69, 9.17) is 0 Å². The fourth-order valence-corrected chi connectivity index (χ4v) is 5.85. The summed E-state index contributed by atoms with van der Waals surface area (Å²) in [6.45, 7) is 2.77. The van der Waals surface area contributed by atoms with Crippen molar-refractivity contribution in [3.63, 3.8) is 0 Å². The zero-order chi connectivity index (χ0) is 17.3. The highest BCUT2D eigenvalue weighted by atomic mass is 32.2. The number of aryl methyl sites for hydroxylation is 1. The molecule has 7 nitrogen and oxygen atoms in total. The quantitative estimate of drug-likeness (QED) is 0.579. The standard InChI is InChI=1S/C14H15N3O4S3/c1-10-9-22-14(15-10)23-13-5-4-11(8-12(13)17(18)19)24(20,21)16-6-2-3-7-16/h4-5,8-9H,2-3,6-7H2,1H3. The molecule has 0 saturated carbocycles. The first kappa shape index (κ1) is 17.3. The molecule has 1 saturated heterocycles. The molecule has 2 aromatic rings. The van der Waals surface area contributed by atoms with Gasteiger partial charge in [-0.2, -0.15) is 4.31 Å². The van der Waals surface area contributed by atoms with Crippen molar-refractivity contribution < 1.29 is 13.3 Å². The number of hydrogen-bond acceptors (Lipinski definition) is 7. The molecule has 1 aromatic carbocycles. The maximum Gasteiger partial charge on any atom is 0.284 e. The molecule has 2 heterocycles. The number of sulfonamides is 1. The molecule has 1 aromatic heterocycles. The summed E-state index contributed by atoms with van der Waals surface area (Å²) in [5, 5.41) is 13.2. The second-order valence-corrected chi connectivity index (χ2v) is 9.44. The Morgan fingerprint density at radius 2 is 2.04 bits per heavy atom. The summed E-state index contributed by atoms with van der Waals surface area (Å²) in [7, 11) is -3.67. The molecule has 1 aliphatic heterocycles. The summed E-state index contributed by atoms with van der Waals surface area (Å²) >= 11 is 2.57. The molecule has 0 N–H and O–H groups in total. The van der Waals surface area contributed by atoms with E-state index < -0.39 is 14.9 Å². The van der Waals surface area contributed by atoms with E-state index in [0.29, 0.717) is 22.3 Å². The second kappa shape index (κ2) is 6.79. The predicted molar refractivity (Wildman–Crippen MR) is 92.1 cm³/mol. The van der Waals surface area contributed by atoms with Crippen LogP contribution in [0.15, 0.2) is 37.7 Å². The van der Waals surface area contributed by atoms with Gasteiger partial charge in [-0.25, -0.2) is 13.4 Å². The van der Waals surface area contributed by atoms with Crippen molar-refractivity contribution in [1.82, 2.24) is 9.29 Å². The van der Waals surface area contributed by atoms with Crippen LogP contribution in [-0.2, 0) is 10.0 Å². The van der Waals surface area contributed by atoms with Crippen molar-refractivity contribution in [3.05, 3.63) is 39.4 Å². The number of hydrogen-bond donors (Lipinski definition) is 0. The molecule has 0 aliphatic carbocycles. The van der Waals surface area contributed by atoms with Crippen molar-refractivity contribution in [2.75, 3.05) is 13.1 Å². The molecule has 0 unspecified atom stereocenters. The van der Waals surface area contributed by atoms with Crippen molar-refractivity contribution in [2.45, 2.75) is 33.9 Å². The normalized spacial score (nSPS) is 15.7. The number of benzene rings is 1. The van der Waals surface area contributed by atoms with Gasteiger partial charge in [0.1, 0.15) is 0 Å². The third-order valence-corrected chi connectivity index (χ3v) is 7.64. The van der Waals surface area contributed by atoms with Gasteiger partial charge in [0.15, 0.2) is 4.34 Å². The van der Waals surface area contributed by atoms with E-state index in [0.717, 1.165) is 24.6 Å². The summed E-state index contributed by atoms with van der Waals surface area (Å²) in [6, 6.07) is 4.07. The van der Waals surface area contributed by atoms with Crippen LogP contribution in [0.5, 0.6) is 0 Å². The molecule has 0 radical (unpaired) electrons. The lowest BCUT2D eigenvalue weighted by Crippen LogP contribution is -2.27. The second-order valence-electron chi connectivity index (χ2n) is 5.35. The van der Waals surface area contributed by atoms with Gasteiger partial charge in [-0.3, -0.25) is 10.1 Å². The smallest absolute Gasteiger partial charge is 0.258 e. The van der Waals surface area contributed by atoms with E-state index in [-0.39, 0.29) is 10.6 Å². The van der Waals surface area contributed by atoms with Crippen LogP contribution in [0.1, 0.15) is 18.5 Å². The first-order chi connectivity index (χ1) is 11.4. The number of thiazole rings is 1. The number of aromatic nitrogens is 1. The van der Waals surface area contributed by atoms with Gasteiger partial charge in [0, 0.05) is 30.2 Å². The van der Waals surface area contributed by atoms with Crippen LogP contribution in [0.25, 0.3) is 0 Å². The van der Waals surface area contributed by atoms with Gasteiger partial charge in [0.05, 0.1) is 14.7 Å². The molecule has 1 aliphatic rings. The van der Waals surface area contributed by atoms with Crippen molar-refractivity contribution in [3.8, 4) is 0 Å². The van der Waals surface area contributed by atoms with Gasteiger partial charge in [-0.15, -0.1) is 11.3 Å². The zero-order valence-corrected chi connectivity index (χ0v) is 15.3. The van der Waals surface area contributed by atoms with E-state index in [1.807, 2.05) is 12.3 Å². The van der Waals surface area contributed by atoms with Crippen LogP contribution >= 0.6 is 23.1 Å². The summed E-state index contributed by atoms with van der Waals surface area (Å²) in [5.74, 6) is 0. The molecule has 0 spiro atoms. The Kier molecular flexibility index (Phi) is 4.90. The van der Waals surface area contributed by atoms with Gasteiger partial charge in [0.2, 0.25) is 10.0 Å². The molecule has 1 fully saturated rings. The third-order valence-electron chi connectivity index (χ3n) is 3.63. The van der Waals surface area contributed by atoms with Crippen LogP contribution in [0.3, 0.4) is 0 Å². The Hall–Kier alpha value is -1.49. The lowest BCUT2D eigenvalue weighted by molar-refractivity contribution is -0.388. The molecule has 0 amide bonds. The van der Waals surface area contributed by atoms with Crippen LogP contribution in [0.2, 0.25) is 0 Å². The SMILES string of the molecule is Cc1csc(Sc2ccc(S(=O)(=O)N3CCCC3)cc2[N+](=O)[O-])n1. The molecule has 24 heavy (non-hydrogen) atoms. The Bertz CT molecular complexity index is 873. The first-order valence-electron chi connectivity index (χ1n) is 7.26. The lowest BCUT2D eigenvalue weighted by Gasteiger charge is -2.15. The summed E-state index contributed by atoms with van der Waals surface area (Å²) in [5.41, 5.74) is 0.631. The summed E-state index contributed by atoms with van der Waals surface area (Å²) in [6.07, 6.45) is 1.64. The molecule has 0 bridgehead atoms. The highest BCUT2D eigenvalue weighted by molar-refractivity contribution is 8.01. The van der Waals surface area contributed by atoms with E-state index in [2.05, 4.69) is 4.98 Å². The van der Waals surface area contributed by atoms with Crippen LogP contribution in [-0.4, -0.2) is 35.7 Å². The zero-order valence-electron chi connectivity index (χ0n) is 12.8.